The molecule has 1 atom stereocenters. The summed E-state index contributed by atoms with van der Waals surface area (Å²) in [6.45, 7) is 3.01. The lowest BCUT2D eigenvalue weighted by Gasteiger charge is -2.33. The zero-order valence-electron chi connectivity index (χ0n) is 25.6. The summed E-state index contributed by atoms with van der Waals surface area (Å²) in [7, 11) is -1.38. The van der Waals surface area contributed by atoms with Crippen molar-refractivity contribution >= 4 is 39.1 Å². The fourth-order valence-corrected chi connectivity index (χ4v) is 6.82. The van der Waals surface area contributed by atoms with Gasteiger partial charge in [-0.2, -0.15) is 0 Å². The van der Waals surface area contributed by atoms with E-state index in [0.29, 0.717) is 10.8 Å². The molecule has 0 aromatic heterocycles. The maximum absolute atomic E-state index is 14.3. The van der Waals surface area contributed by atoms with E-state index in [-0.39, 0.29) is 34.8 Å². The topological polar surface area (TPSA) is 105 Å². The normalized spacial score (nSPS) is 14.4. The van der Waals surface area contributed by atoms with Crippen molar-refractivity contribution in [1.82, 2.24) is 10.2 Å². The Bertz CT molecular complexity index is 1540. The summed E-state index contributed by atoms with van der Waals surface area (Å²) >= 11 is 6.10. The molecule has 44 heavy (non-hydrogen) atoms. The molecule has 0 heterocycles. The number of amides is 2. The first-order valence-corrected chi connectivity index (χ1v) is 16.5. The van der Waals surface area contributed by atoms with Gasteiger partial charge in [-0.25, -0.2) is 8.42 Å². The molecule has 3 aromatic carbocycles. The second kappa shape index (κ2) is 14.8. The van der Waals surface area contributed by atoms with Gasteiger partial charge in [0.1, 0.15) is 24.1 Å². The highest BCUT2D eigenvalue weighted by Crippen LogP contribution is 2.36. The molecule has 9 nitrogen and oxygen atoms in total. The minimum Gasteiger partial charge on any atom is -0.497 e. The second-order valence-electron chi connectivity index (χ2n) is 11.0. The minimum atomic E-state index is -4.27. The van der Waals surface area contributed by atoms with Gasteiger partial charge in [-0.15, -0.1) is 0 Å². The zero-order chi connectivity index (χ0) is 31.9. The van der Waals surface area contributed by atoms with Crippen LogP contribution in [0.3, 0.4) is 0 Å². The summed E-state index contributed by atoms with van der Waals surface area (Å²) in [5.41, 5.74) is 1.76. The first-order chi connectivity index (χ1) is 21.0. The van der Waals surface area contributed by atoms with Crippen molar-refractivity contribution in [2.45, 2.75) is 69.5 Å². The Morgan fingerprint density at radius 1 is 0.955 bits per heavy atom. The molecule has 4 rings (SSSR count). The van der Waals surface area contributed by atoms with E-state index in [0.717, 1.165) is 47.5 Å². The highest BCUT2D eigenvalue weighted by molar-refractivity contribution is 7.92. The van der Waals surface area contributed by atoms with Gasteiger partial charge in [0.15, 0.2) is 0 Å². The molecule has 236 valence electrons. The van der Waals surface area contributed by atoms with Crippen molar-refractivity contribution in [2.24, 2.45) is 0 Å². The van der Waals surface area contributed by atoms with Gasteiger partial charge < -0.3 is 19.7 Å². The molecule has 0 aliphatic heterocycles. The number of halogens is 1. The van der Waals surface area contributed by atoms with Crippen LogP contribution in [-0.2, 0) is 26.2 Å². The molecule has 1 N–H and O–H groups in total. The number of aryl methyl sites for hydroxylation is 1. The zero-order valence-corrected chi connectivity index (χ0v) is 27.2. The molecule has 1 unspecified atom stereocenters. The number of carbonyl (C=O) groups excluding carboxylic acids is 2. The van der Waals surface area contributed by atoms with Gasteiger partial charge in [-0.3, -0.25) is 13.9 Å². The predicted molar refractivity (Wildman–Crippen MR) is 172 cm³/mol. The van der Waals surface area contributed by atoms with E-state index < -0.39 is 28.5 Å². The van der Waals surface area contributed by atoms with Crippen molar-refractivity contribution in [3.63, 3.8) is 0 Å². The fourth-order valence-electron chi connectivity index (χ4n) is 5.28. The average Bonchev–Trinajstić information content (AvgIpc) is 3.03. The number of anilines is 1. The van der Waals surface area contributed by atoms with Crippen LogP contribution in [0.2, 0.25) is 5.02 Å². The maximum atomic E-state index is 14.3. The van der Waals surface area contributed by atoms with Crippen molar-refractivity contribution in [3.8, 4) is 11.5 Å². The van der Waals surface area contributed by atoms with Crippen LogP contribution in [-0.4, -0.2) is 58.0 Å². The number of hydrogen-bond donors (Lipinski definition) is 1. The van der Waals surface area contributed by atoms with Gasteiger partial charge in [-0.05, 0) is 68.7 Å². The molecule has 1 saturated carbocycles. The molecule has 1 fully saturated rings. The Balaban J connectivity index is 1.74. The average molecular weight is 642 g/mol. The lowest BCUT2D eigenvalue weighted by Crippen LogP contribution is -2.53. The number of ether oxygens (including phenoxy) is 2. The van der Waals surface area contributed by atoms with Gasteiger partial charge in [0.2, 0.25) is 11.8 Å². The molecule has 1 aliphatic rings. The number of nitrogens with zero attached hydrogens (tertiary/aromatic N) is 2. The number of methoxy groups -OCH3 is 2. The molecule has 11 heteroatoms. The lowest BCUT2D eigenvalue weighted by molar-refractivity contribution is -0.139. The number of benzene rings is 3. The van der Waals surface area contributed by atoms with Gasteiger partial charge in [-0.1, -0.05) is 60.7 Å². The summed E-state index contributed by atoms with van der Waals surface area (Å²) in [6.07, 6.45) is 5.01. The van der Waals surface area contributed by atoms with Gasteiger partial charge in [0.05, 0.1) is 24.8 Å². The van der Waals surface area contributed by atoms with Crippen LogP contribution in [0.4, 0.5) is 5.69 Å². The van der Waals surface area contributed by atoms with E-state index in [1.807, 2.05) is 6.92 Å². The van der Waals surface area contributed by atoms with Crippen LogP contribution in [0.25, 0.3) is 0 Å². The van der Waals surface area contributed by atoms with Crippen molar-refractivity contribution in [1.29, 1.82) is 0 Å². The SMILES string of the molecule is COc1ccc(OC)c(N(CC(=O)N(Cc2ccc(Cl)cc2)C(C)C(=O)NC2CCCCC2)S(=O)(=O)c2ccc(C)cc2)c1. The predicted octanol–water partition coefficient (Wildman–Crippen LogP) is 5.73. The smallest absolute Gasteiger partial charge is 0.264 e. The largest absolute Gasteiger partial charge is 0.497 e. The second-order valence-corrected chi connectivity index (χ2v) is 13.3. The van der Waals surface area contributed by atoms with E-state index >= 15 is 0 Å². The van der Waals surface area contributed by atoms with Gasteiger partial charge >= 0.3 is 0 Å². The number of carbonyl (C=O) groups is 2. The Morgan fingerprint density at radius 2 is 1.61 bits per heavy atom. The molecular weight excluding hydrogens is 602 g/mol. The molecular formula is C33H40ClN3O6S. The van der Waals surface area contributed by atoms with E-state index in [2.05, 4.69) is 5.32 Å². The summed E-state index contributed by atoms with van der Waals surface area (Å²) < 4.78 is 40.3. The number of rotatable bonds is 12. The minimum absolute atomic E-state index is 0.00751. The monoisotopic (exact) mass is 641 g/mol. The van der Waals surface area contributed by atoms with Crippen molar-refractivity contribution < 1.29 is 27.5 Å². The Morgan fingerprint density at radius 3 is 2.23 bits per heavy atom. The quantitative estimate of drug-likeness (QED) is 0.271. The maximum Gasteiger partial charge on any atom is 0.264 e. The fraction of sp³-hybridized carbons (Fsp3) is 0.394. The lowest BCUT2D eigenvalue weighted by atomic mass is 9.95. The summed E-state index contributed by atoms with van der Waals surface area (Å²) in [6, 6.07) is 17.3. The van der Waals surface area contributed by atoms with Gasteiger partial charge in [0, 0.05) is 23.7 Å². The first kappa shape index (κ1) is 33.1. The molecule has 1 aliphatic carbocycles. The standard InChI is InChI=1S/C33H40ClN3O6S/c1-23-10-17-29(18-11-23)44(40,41)37(30-20-28(42-3)16-19-31(30)43-4)22-32(38)36(21-25-12-14-26(34)15-13-25)24(2)33(39)35-27-8-6-5-7-9-27/h10-20,24,27H,5-9,21-22H2,1-4H3,(H,35,39). The third kappa shape index (κ3) is 8.04. The molecule has 0 saturated heterocycles. The highest BCUT2D eigenvalue weighted by atomic mass is 35.5. The number of nitrogens with one attached hydrogen (secondary N) is 1. The van der Waals surface area contributed by atoms with Gasteiger partial charge in [0.25, 0.3) is 10.0 Å². The molecule has 0 radical (unpaired) electrons. The molecule has 0 spiro atoms. The van der Waals surface area contributed by atoms with Crippen LogP contribution in [0.5, 0.6) is 11.5 Å². The third-order valence-corrected chi connectivity index (χ3v) is 9.95. The molecule has 3 aromatic rings. The highest BCUT2D eigenvalue weighted by Gasteiger charge is 2.34. The Hall–Kier alpha value is -3.76. The molecule has 0 bridgehead atoms. The summed E-state index contributed by atoms with van der Waals surface area (Å²) in [4.78, 5) is 29.2. The number of hydrogen-bond acceptors (Lipinski definition) is 6. The van der Waals surface area contributed by atoms with Crippen LogP contribution in [0.15, 0.2) is 71.6 Å². The first-order valence-electron chi connectivity index (χ1n) is 14.7. The van der Waals surface area contributed by atoms with Crippen LogP contribution >= 0.6 is 11.6 Å². The molecule has 2 amide bonds. The summed E-state index contributed by atoms with van der Waals surface area (Å²) in [5.74, 6) is -0.227. The van der Waals surface area contributed by atoms with E-state index in [1.54, 1.807) is 55.5 Å². The van der Waals surface area contributed by atoms with E-state index in [4.69, 9.17) is 21.1 Å². The summed E-state index contributed by atoms with van der Waals surface area (Å²) in [5, 5.41) is 3.64. The van der Waals surface area contributed by atoms with Crippen LogP contribution in [0, 0.1) is 6.92 Å². The number of sulfonamides is 1. The Kier molecular flexibility index (Phi) is 11.2. The van der Waals surface area contributed by atoms with Crippen LogP contribution < -0.4 is 19.1 Å². The van der Waals surface area contributed by atoms with E-state index in [9.17, 15) is 18.0 Å². The van der Waals surface area contributed by atoms with E-state index in [1.165, 1.54) is 37.3 Å². The Labute approximate surface area is 265 Å². The van der Waals surface area contributed by atoms with Crippen molar-refractivity contribution in [2.75, 3.05) is 25.1 Å². The van der Waals surface area contributed by atoms with Crippen LogP contribution in [0.1, 0.15) is 50.2 Å². The third-order valence-electron chi connectivity index (χ3n) is 7.93. The van der Waals surface area contributed by atoms with Crippen molar-refractivity contribution in [3.05, 3.63) is 82.9 Å².